The minimum atomic E-state index is -0.913. The topological polar surface area (TPSA) is 51.2 Å². The van der Waals surface area contributed by atoms with E-state index in [0.717, 1.165) is 0 Å². The summed E-state index contributed by atoms with van der Waals surface area (Å²) in [4.78, 5) is 33.5. The van der Waals surface area contributed by atoms with Crippen LogP contribution < -0.4 is 16.3 Å². The quantitative estimate of drug-likeness (QED) is 0.532. The summed E-state index contributed by atoms with van der Waals surface area (Å²) < 4.78 is 0. The number of benzene rings is 1. The zero-order chi connectivity index (χ0) is 9.59. The fourth-order valence-electron chi connectivity index (χ4n) is 1.50. The highest BCUT2D eigenvalue weighted by molar-refractivity contribution is 5.86. The van der Waals surface area contributed by atoms with Gasteiger partial charge in [0.15, 0.2) is 0 Å². The van der Waals surface area contributed by atoms with E-state index in [2.05, 4.69) is 0 Å². The van der Waals surface area contributed by atoms with Crippen molar-refractivity contribution in [2.45, 2.75) is 6.92 Å². The van der Waals surface area contributed by atoms with Gasteiger partial charge in [-0.1, -0.05) is 18.2 Å². The molecule has 0 unspecified atom stereocenters. The first-order valence-corrected chi connectivity index (χ1v) is 3.86. The lowest BCUT2D eigenvalue weighted by Gasteiger charge is -1.90. The first-order chi connectivity index (χ1) is 6.13. The van der Waals surface area contributed by atoms with Gasteiger partial charge in [0.25, 0.3) is 5.43 Å². The van der Waals surface area contributed by atoms with E-state index < -0.39 is 16.3 Å². The predicted octanol–water partition coefficient (Wildman–Crippen LogP) is 0.104. The smallest absolute Gasteiger partial charge is 0.273 e. The summed E-state index contributed by atoms with van der Waals surface area (Å²) in [5.41, 5.74) is -1.58. The second-order valence-corrected chi connectivity index (χ2v) is 2.98. The summed E-state index contributed by atoms with van der Waals surface area (Å²) in [7, 11) is 0. The number of fused-ring (bicyclic) bond motifs is 1. The van der Waals surface area contributed by atoms with Crippen LogP contribution in [0.3, 0.4) is 0 Å². The zero-order valence-corrected chi connectivity index (χ0v) is 6.96. The van der Waals surface area contributed by atoms with E-state index in [4.69, 9.17) is 0 Å². The van der Waals surface area contributed by atoms with Crippen LogP contribution in [0.4, 0.5) is 0 Å². The van der Waals surface area contributed by atoms with E-state index >= 15 is 0 Å². The summed E-state index contributed by atoms with van der Waals surface area (Å²) >= 11 is 0. The Labute approximate surface area is 73.0 Å². The van der Waals surface area contributed by atoms with Gasteiger partial charge in [0.05, 0.1) is 0 Å². The lowest BCUT2D eigenvalue weighted by Crippen LogP contribution is -2.29. The second kappa shape index (κ2) is 2.36. The molecule has 0 fully saturated rings. The van der Waals surface area contributed by atoms with Crippen LogP contribution in [0.5, 0.6) is 0 Å². The second-order valence-electron chi connectivity index (χ2n) is 2.98. The van der Waals surface area contributed by atoms with Gasteiger partial charge in [-0.3, -0.25) is 14.4 Å². The average molecular weight is 174 g/mol. The van der Waals surface area contributed by atoms with Gasteiger partial charge in [0.1, 0.15) is 0 Å². The third-order valence-electron chi connectivity index (χ3n) is 2.16. The molecule has 0 aliphatic carbocycles. The Bertz CT molecular complexity index is 616. The molecule has 2 rings (SSSR count). The maximum atomic E-state index is 11.3. The molecule has 0 saturated heterocycles. The first kappa shape index (κ1) is 7.86. The van der Waals surface area contributed by atoms with Crippen molar-refractivity contribution in [3.63, 3.8) is 0 Å². The molecule has 0 amide bonds. The zero-order valence-electron chi connectivity index (χ0n) is 6.96. The molecule has 0 aromatic heterocycles. The van der Waals surface area contributed by atoms with Gasteiger partial charge < -0.3 is 0 Å². The molecule has 3 heteroatoms. The molecule has 64 valence electrons. The summed E-state index contributed by atoms with van der Waals surface area (Å²) in [6.07, 6.45) is 0. The van der Waals surface area contributed by atoms with Gasteiger partial charge >= 0.3 is 0 Å². The van der Waals surface area contributed by atoms with Crippen LogP contribution in [0.2, 0.25) is 0 Å². The molecule has 2 aromatic rings. The van der Waals surface area contributed by atoms with E-state index in [1.807, 2.05) is 0 Å². The number of aryl methyl sites for hydroxylation is 1. The van der Waals surface area contributed by atoms with Crippen molar-refractivity contribution >= 4 is 10.8 Å². The van der Waals surface area contributed by atoms with Crippen molar-refractivity contribution in [1.82, 2.24) is 0 Å². The molecule has 0 bridgehead atoms. The van der Waals surface area contributed by atoms with Crippen LogP contribution in [0.25, 0.3) is 10.8 Å². The van der Waals surface area contributed by atoms with Crippen molar-refractivity contribution < 1.29 is 0 Å². The Hall–Kier alpha value is -1.77. The minimum absolute atomic E-state index is 0.245. The summed E-state index contributed by atoms with van der Waals surface area (Å²) in [5, 5.41) is 0.521. The monoisotopic (exact) mass is 174 g/mol. The SMILES string of the molecule is Cc1cccc2c(=O)c(=O)c(=O)c12. The van der Waals surface area contributed by atoms with E-state index in [1.54, 1.807) is 19.1 Å². The molecule has 0 radical (unpaired) electrons. The highest BCUT2D eigenvalue weighted by Gasteiger charge is 2.12. The van der Waals surface area contributed by atoms with Gasteiger partial charge in [-0.05, 0) is 12.5 Å². The van der Waals surface area contributed by atoms with Crippen molar-refractivity contribution in [2.24, 2.45) is 0 Å². The normalized spacial score (nSPS) is 10.8. The molecule has 0 N–H and O–H groups in total. The summed E-state index contributed by atoms with van der Waals surface area (Å²) in [6.45, 7) is 1.71. The molecule has 0 spiro atoms. The molecule has 0 aliphatic rings. The average Bonchev–Trinajstić information content (AvgIpc) is 2.33. The lowest BCUT2D eigenvalue weighted by atomic mass is 10.1. The van der Waals surface area contributed by atoms with E-state index in [1.165, 1.54) is 6.07 Å². The molecule has 0 atom stereocenters. The molecule has 0 heterocycles. The molecule has 2 aromatic carbocycles. The number of hydrogen-bond acceptors (Lipinski definition) is 3. The van der Waals surface area contributed by atoms with Crippen LogP contribution in [0.15, 0.2) is 32.6 Å². The first-order valence-electron chi connectivity index (χ1n) is 3.86. The van der Waals surface area contributed by atoms with Gasteiger partial charge in [-0.25, -0.2) is 0 Å². The fourth-order valence-corrected chi connectivity index (χ4v) is 1.50. The van der Waals surface area contributed by atoms with Crippen molar-refractivity contribution in [3.05, 3.63) is 54.4 Å². The fraction of sp³-hybridized carbons (Fsp3) is 0.100. The Morgan fingerprint density at radius 3 is 2.23 bits per heavy atom. The van der Waals surface area contributed by atoms with E-state index in [9.17, 15) is 14.4 Å². The van der Waals surface area contributed by atoms with Crippen molar-refractivity contribution in [2.75, 3.05) is 0 Å². The van der Waals surface area contributed by atoms with Crippen LogP contribution in [-0.4, -0.2) is 0 Å². The molecule has 3 nitrogen and oxygen atoms in total. The van der Waals surface area contributed by atoms with Crippen LogP contribution in [-0.2, 0) is 0 Å². The largest absolute Gasteiger partial charge is 0.285 e. The minimum Gasteiger partial charge on any atom is -0.285 e. The van der Waals surface area contributed by atoms with Gasteiger partial charge in [0, 0.05) is 10.8 Å². The number of hydrogen-bond donors (Lipinski definition) is 0. The Morgan fingerprint density at radius 1 is 0.923 bits per heavy atom. The standard InChI is InChI=1S/C10H6O3/c1-5-3-2-4-6-7(5)9(12)10(13)8(6)11/h2-4H,1H3. The summed E-state index contributed by atoms with van der Waals surface area (Å²) in [5.74, 6) is 0. The third-order valence-corrected chi connectivity index (χ3v) is 2.16. The van der Waals surface area contributed by atoms with E-state index in [-0.39, 0.29) is 10.8 Å². The lowest BCUT2D eigenvalue weighted by molar-refractivity contribution is 1.51. The van der Waals surface area contributed by atoms with Crippen LogP contribution in [0, 0.1) is 6.92 Å². The predicted molar refractivity (Wildman–Crippen MR) is 49.9 cm³/mol. The number of rotatable bonds is 0. The van der Waals surface area contributed by atoms with Gasteiger partial charge in [-0.15, -0.1) is 0 Å². The van der Waals surface area contributed by atoms with Crippen molar-refractivity contribution in [1.29, 1.82) is 0 Å². The molecule has 13 heavy (non-hydrogen) atoms. The molecular weight excluding hydrogens is 168 g/mol. The van der Waals surface area contributed by atoms with Gasteiger partial charge in [-0.2, -0.15) is 0 Å². The van der Waals surface area contributed by atoms with Gasteiger partial charge in [0.2, 0.25) is 10.9 Å². The van der Waals surface area contributed by atoms with Crippen LogP contribution in [0.1, 0.15) is 5.56 Å². The van der Waals surface area contributed by atoms with Crippen molar-refractivity contribution in [3.8, 4) is 0 Å². The Kier molecular flexibility index (Phi) is 1.42. The molecular formula is C10H6O3. The highest BCUT2D eigenvalue weighted by atomic mass is 16.2. The van der Waals surface area contributed by atoms with Crippen LogP contribution >= 0.6 is 0 Å². The maximum Gasteiger partial charge on any atom is 0.273 e. The third kappa shape index (κ3) is 0.869. The highest BCUT2D eigenvalue weighted by Crippen LogP contribution is 2.08. The van der Waals surface area contributed by atoms with E-state index in [0.29, 0.717) is 5.56 Å². The molecule has 0 aliphatic heterocycles. The molecule has 0 saturated carbocycles. The maximum absolute atomic E-state index is 11.3. The Balaban J connectivity index is 3.33. The summed E-state index contributed by atoms with van der Waals surface area (Å²) in [6, 6.07) is 4.88. The Morgan fingerprint density at radius 2 is 1.62 bits per heavy atom.